The Balaban J connectivity index is 1.66. The van der Waals surface area contributed by atoms with Gasteiger partial charge in [0.2, 0.25) is 11.0 Å². The first-order valence-corrected chi connectivity index (χ1v) is 10.3. The van der Waals surface area contributed by atoms with E-state index in [-0.39, 0.29) is 27.9 Å². The van der Waals surface area contributed by atoms with Crippen molar-refractivity contribution in [3.63, 3.8) is 0 Å². The number of rotatable bonds is 5. The molecule has 0 amide bonds. The Morgan fingerprint density at radius 1 is 1.12 bits per heavy atom. The van der Waals surface area contributed by atoms with Crippen LogP contribution in [-0.2, 0) is 18.4 Å². The number of carboxylic acid groups (broad SMARTS) is 1. The smallest absolute Gasteiger partial charge is 0.323 e. The molecule has 2 aromatic carbocycles. The Hall–Kier alpha value is -4.25. The van der Waals surface area contributed by atoms with Crippen LogP contribution in [0.4, 0.5) is 11.4 Å². The topological polar surface area (TPSA) is 126 Å². The van der Waals surface area contributed by atoms with Crippen LogP contribution in [0.25, 0.3) is 16.6 Å². The molecular formula is C22H20N6O4S. The second-order valence-corrected chi connectivity index (χ2v) is 7.62. The van der Waals surface area contributed by atoms with Gasteiger partial charge < -0.3 is 15.5 Å². The minimum Gasteiger partial charge on any atom is -0.493 e. The van der Waals surface area contributed by atoms with Gasteiger partial charge in [-0.25, -0.2) is 4.68 Å². The number of aromatic hydroxyl groups is 1. The van der Waals surface area contributed by atoms with Crippen molar-refractivity contribution in [1.29, 1.82) is 0 Å². The van der Waals surface area contributed by atoms with E-state index in [1.165, 1.54) is 9.25 Å². The standard InChI is InChI=1S/C22H20N6O4S/c1-13-18(21(32)28(26(13)2)14-8-4-3-5-9-14)23-22(33)25-24-19-15-10-6-7-11-16(15)27(20(19)31)12-17(29)30/h3-11,31H,12H2,1-2H3,(H,23,33)(H,29,30). The molecule has 0 fully saturated rings. The van der Waals surface area contributed by atoms with Gasteiger partial charge in [-0.15, -0.1) is 10.2 Å². The highest BCUT2D eigenvalue weighted by atomic mass is 32.1. The van der Waals surface area contributed by atoms with Gasteiger partial charge in [-0.05, 0) is 37.3 Å². The maximum absolute atomic E-state index is 13.0. The summed E-state index contributed by atoms with van der Waals surface area (Å²) in [6.07, 6.45) is 0. The third kappa shape index (κ3) is 4.01. The second kappa shape index (κ2) is 8.71. The van der Waals surface area contributed by atoms with Crippen molar-refractivity contribution < 1.29 is 15.0 Å². The van der Waals surface area contributed by atoms with Crippen molar-refractivity contribution in [2.24, 2.45) is 17.3 Å². The lowest BCUT2D eigenvalue weighted by atomic mass is 10.2. The molecule has 0 aliphatic heterocycles. The lowest BCUT2D eigenvalue weighted by Gasteiger charge is -2.07. The molecule has 11 heteroatoms. The summed E-state index contributed by atoms with van der Waals surface area (Å²) < 4.78 is 4.43. The van der Waals surface area contributed by atoms with Crippen LogP contribution >= 0.6 is 12.2 Å². The van der Waals surface area contributed by atoms with E-state index >= 15 is 0 Å². The number of fused-ring (bicyclic) bond motifs is 1. The average molecular weight is 465 g/mol. The molecule has 0 atom stereocenters. The monoisotopic (exact) mass is 464 g/mol. The van der Waals surface area contributed by atoms with Gasteiger partial charge >= 0.3 is 5.97 Å². The molecule has 168 valence electrons. The number of carbonyl (C=O) groups is 1. The van der Waals surface area contributed by atoms with Crippen molar-refractivity contribution in [2.45, 2.75) is 13.5 Å². The molecule has 33 heavy (non-hydrogen) atoms. The zero-order valence-corrected chi connectivity index (χ0v) is 18.6. The predicted octanol–water partition coefficient (Wildman–Crippen LogP) is 3.71. The normalized spacial score (nSPS) is 11.3. The highest BCUT2D eigenvalue weighted by Crippen LogP contribution is 2.38. The number of aromatic nitrogens is 3. The fourth-order valence-corrected chi connectivity index (χ4v) is 3.75. The summed E-state index contributed by atoms with van der Waals surface area (Å²) in [5.41, 5.74) is 1.87. The van der Waals surface area contributed by atoms with E-state index in [2.05, 4.69) is 15.5 Å². The highest BCUT2D eigenvalue weighted by Gasteiger charge is 2.19. The van der Waals surface area contributed by atoms with E-state index in [1.807, 2.05) is 30.3 Å². The number of nitrogens with one attached hydrogen (secondary N) is 1. The first kappa shape index (κ1) is 22.0. The highest BCUT2D eigenvalue weighted by molar-refractivity contribution is 7.80. The third-order valence-corrected chi connectivity index (χ3v) is 5.42. The number of azo groups is 1. The van der Waals surface area contributed by atoms with Gasteiger partial charge in [-0.3, -0.25) is 18.8 Å². The number of thiocarbonyl (C=S) groups is 1. The number of hydrogen-bond donors (Lipinski definition) is 3. The first-order chi connectivity index (χ1) is 15.8. The maximum atomic E-state index is 13.0. The number of benzene rings is 2. The number of nitrogens with zero attached hydrogens (tertiary/aromatic N) is 5. The molecule has 4 aromatic rings. The van der Waals surface area contributed by atoms with Crippen LogP contribution in [-0.4, -0.2) is 35.2 Å². The molecular weight excluding hydrogens is 444 g/mol. The SMILES string of the molecule is Cc1c(NC(=S)N=Nc2c(O)n(CC(=O)O)c3ccccc23)c(=O)n(-c2ccccc2)n1C. The Kier molecular flexibility index (Phi) is 5.80. The van der Waals surface area contributed by atoms with E-state index in [0.29, 0.717) is 22.3 Å². The molecule has 0 saturated carbocycles. The van der Waals surface area contributed by atoms with Gasteiger partial charge in [0.25, 0.3) is 5.56 Å². The van der Waals surface area contributed by atoms with Gasteiger partial charge in [0.05, 0.1) is 16.9 Å². The predicted molar refractivity (Wildman–Crippen MR) is 128 cm³/mol. The van der Waals surface area contributed by atoms with Crippen molar-refractivity contribution in [2.75, 3.05) is 5.32 Å². The first-order valence-electron chi connectivity index (χ1n) is 9.88. The largest absolute Gasteiger partial charge is 0.493 e. The summed E-state index contributed by atoms with van der Waals surface area (Å²) in [6, 6.07) is 16.0. The molecule has 0 unspecified atom stereocenters. The Morgan fingerprint density at radius 2 is 1.79 bits per heavy atom. The summed E-state index contributed by atoms with van der Waals surface area (Å²) >= 11 is 5.25. The number of hydrogen-bond acceptors (Lipinski definition) is 5. The number of para-hydroxylation sites is 2. The number of carboxylic acids is 1. The molecule has 0 bridgehead atoms. The van der Waals surface area contributed by atoms with Gasteiger partial charge in [-0.2, -0.15) is 0 Å². The summed E-state index contributed by atoms with van der Waals surface area (Å²) in [4.78, 5) is 24.2. The number of aliphatic carboxylic acids is 1. The molecule has 0 radical (unpaired) electrons. The van der Waals surface area contributed by atoms with Crippen LogP contribution in [0.1, 0.15) is 5.69 Å². The van der Waals surface area contributed by atoms with E-state index in [0.717, 1.165) is 0 Å². The molecule has 10 nitrogen and oxygen atoms in total. The van der Waals surface area contributed by atoms with Crippen LogP contribution in [0.5, 0.6) is 5.88 Å². The van der Waals surface area contributed by atoms with Crippen LogP contribution < -0.4 is 10.9 Å². The zero-order valence-electron chi connectivity index (χ0n) is 17.8. The van der Waals surface area contributed by atoms with Crippen LogP contribution in [0.3, 0.4) is 0 Å². The van der Waals surface area contributed by atoms with Crippen molar-refractivity contribution in [3.8, 4) is 11.6 Å². The Morgan fingerprint density at radius 3 is 2.48 bits per heavy atom. The second-order valence-electron chi connectivity index (χ2n) is 7.24. The minimum absolute atomic E-state index is 0.0856. The van der Waals surface area contributed by atoms with Crippen molar-refractivity contribution in [3.05, 3.63) is 70.6 Å². The van der Waals surface area contributed by atoms with Gasteiger partial charge in [0, 0.05) is 12.4 Å². The van der Waals surface area contributed by atoms with Crippen LogP contribution in [0.15, 0.2) is 69.6 Å². The summed E-state index contributed by atoms with van der Waals surface area (Å²) in [5, 5.41) is 30.9. The van der Waals surface area contributed by atoms with Gasteiger partial charge in [-0.1, -0.05) is 36.4 Å². The van der Waals surface area contributed by atoms with Gasteiger partial charge in [0.15, 0.2) is 5.69 Å². The fraction of sp³-hybridized carbons (Fsp3) is 0.136. The molecule has 0 aliphatic rings. The van der Waals surface area contributed by atoms with Crippen LogP contribution in [0.2, 0.25) is 0 Å². The lowest BCUT2D eigenvalue weighted by molar-refractivity contribution is -0.137. The lowest BCUT2D eigenvalue weighted by Crippen LogP contribution is -2.21. The van der Waals surface area contributed by atoms with E-state index in [1.54, 1.807) is 42.9 Å². The third-order valence-electron chi connectivity index (χ3n) is 5.24. The summed E-state index contributed by atoms with van der Waals surface area (Å²) in [5.74, 6) is -1.45. The molecule has 0 aliphatic carbocycles. The Labute approximate surface area is 193 Å². The molecule has 4 rings (SSSR count). The van der Waals surface area contributed by atoms with Gasteiger partial charge in [0.1, 0.15) is 12.2 Å². The summed E-state index contributed by atoms with van der Waals surface area (Å²) in [6.45, 7) is 1.33. The number of anilines is 1. The molecule has 3 N–H and O–H groups in total. The minimum atomic E-state index is -1.11. The Bertz CT molecular complexity index is 1470. The van der Waals surface area contributed by atoms with Crippen molar-refractivity contribution >= 4 is 45.6 Å². The molecule has 2 aromatic heterocycles. The van der Waals surface area contributed by atoms with Crippen molar-refractivity contribution in [1.82, 2.24) is 13.9 Å². The van der Waals surface area contributed by atoms with E-state index in [4.69, 9.17) is 17.3 Å². The zero-order chi connectivity index (χ0) is 23.7. The average Bonchev–Trinajstić information content (AvgIpc) is 3.17. The summed E-state index contributed by atoms with van der Waals surface area (Å²) in [7, 11) is 1.76. The van der Waals surface area contributed by atoms with E-state index < -0.39 is 12.5 Å². The van der Waals surface area contributed by atoms with Crippen LogP contribution in [0, 0.1) is 6.92 Å². The maximum Gasteiger partial charge on any atom is 0.323 e. The molecule has 0 spiro atoms. The molecule has 0 saturated heterocycles. The van der Waals surface area contributed by atoms with E-state index in [9.17, 15) is 14.7 Å². The fourth-order valence-electron chi connectivity index (χ4n) is 3.61. The molecule has 2 heterocycles. The quantitative estimate of drug-likeness (QED) is 0.305.